The number of benzene rings is 3. The maximum absolute atomic E-state index is 13.0. The molecule has 0 saturated heterocycles. The highest BCUT2D eigenvalue weighted by Crippen LogP contribution is 2.23. The molecule has 4 N–H and O–H groups in total. The van der Waals surface area contributed by atoms with Crippen LogP contribution in [-0.2, 0) is 40.3 Å². The van der Waals surface area contributed by atoms with E-state index >= 15 is 0 Å². The second-order valence-corrected chi connectivity index (χ2v) is 16.5. The average molecular weight is 911 g/mol. The summed E-state index contributed by atoms with van der Waals surface area (Å²) in [6.07, 6.45) is 1.52. The van der Waals surface area contributed by atoms with Crippen molar-refractivity contribution in [2.24, 2.45) is 14.1 Å². The fourth-order valence-corrected chi connectivity index (χ4v) is 8.63. The minimum Gasteiger partial charge on any atom is -0.497 e. The highest BCUT2D eigenvalue weighted by molar-refractivity contribution is 7.20. The van der Waals surface area contributed by atoms with Crippen molar-refractivity contribution in [1.29, 1.82) is 0 Å². The number of hydrogen-bond donors (Lipinski definition) is 3. The largest absolute Gasteiger partial charge is 0.497 e. The molecule has 8 aromatic rings. The monoisotopic (exact) mass is 910 g/mol. The van der Waals surface area contributed by atoms with Gasteiger partial charge in [0.05, 0.1) is 47.8 Å². The third kappa shape index (κ3) is 10.3. The molecule has 0 unspecified atom stereocenters. The van der Waals surface area contributed by atoms with Gasteiger partial charge in [-0.2, -0.15) is 0 Å². The van der Waals surface area contributed by atoms with Crippen molar-refractivity contribution in [1.82, 2.24) is 33.9 Å². The van der Waals surface area contributed by atoms with Gasteiger partial charge in [-0.25, -0.2) is 19.1 Å². The summed E-state index contributed by atoms with van der Waals surface area (Å²) >= 11 is 2.22. The first-order chi connectivity index (χ1) is 31.3. The molecule has 18 heteroatoms. The van der Waals surface area contributed by atoms with Gasteiger partial charge in [0.15, 0.2) is 0 Å². The van der Waals surface area contributed by atoms with Crippen LogP contribution < -0.4 is 48.3 Å². The molecule has 0 spiro atoms. The van der Waals surface area contributed by atoms with E-state index in [4.69, 9.17) is 15.2 Å². The molecule has 5 aromatic heterocycles. The zero-order valence-electron chi connectivity index (χ0n) is 35.6. The van der Waals surface area contributed by atoms with Crippen LogP contribution in [-0.4, -0.2) is 49.3 Å². The van der Waals surface area contributed by atoms with E-state index in [1.165, 1.54) is 27.5 Å². The Morgan fingerprint density at radius 1 is 0.662 bits per heavy atom. The molecule has 16 nitrogen and oxygen atoms in total. The Morgan fingerprint density at radius 2 is 1.23 bits per heavy atom. The van der Waals surface area contributed by atoms with Gasteiger partial charge < -0.3 is 25.8 Å². The lowest BCUT2D eigenvalue weighted by Crippen LogP contribution is -2.38. The summed E-state index contributed by atoms with van der Waals surface area (Å²) < 4.78 is 15.3. The van der Waals surface area contributed by atoms with Crippen molar-refractivity contribution in [3.05, 3.63) is 183 Å². The van der Waals surface area contributed by atoms with Crippen molar-refractivity contribution < 1.29 is 19.1 Å². The van der Waals surface area contributed by atoms with Gasteiger partial charge >= 0.3 is 11.4 Å². The highest BCUT2D eigenvalue weighted by Gasteiger charge is 2.19. The van der Waals surface area contributed by atoms with Gasteiger partial charge in [0.2, 0.25) is 0 Å². The van der Waals surface area contributed by atoms with Crippen LogP contribution in [0.15, 0.2) is 129 Å². The van der Waals surface area contributed by atoms with Crippen LogP contribution in [0.3, 0.4) is 0 Å². The number of nitrogens with zero attached hydrogens (tertiary/aromatic N) is 5. The normalized spacial score (nSPS) is 10.7. The Balaban J connectivity index is 0.000000194. The third-order valence-electron chi connectivity index (χ3n) is 10.1. The lowest BCUT2D eigenvalue weighted by atomic mass is 10.2. The molecule has 3 aromatic carbocycles. The number of thiophene rings is 2. The second kappa shape index (κ2) is 20.0. The fourth-order valence-electron chi connectivity index (χ4n) is 6.59. The molecule has 0 aliphatic rings. The topological polar surface area (TPSA) is 204 Å². The van der Waals surface area contributed by atoms with Crippen molar-refractivity contribution in [3.8, 4) is 23.3 Å². The third-order valence-corrected chi connectivity index (χ3v) is 12.5. The molecule has 0 saturated carbocycles. The van der Waals surface area contributed by atoms with E-state index in [-0.39, 0.29) is 24.9 Å². The van der Waals surface area contributed by atoms with Gasteiger partial charge in [-0.15, -0.1) is 22.7 Å². The van der Waals surface area contributed by atoms with Crippen LogP contribution in [0.1, 0.15) is 41.6 Å². The Hall–Kier alpha value is -8.01. The number of nitrogen functional groups attached to an aromatic ring is 1. The van der Waals surface area contributed by atoms with E-state index in [0.717, 1.165) is 54.2 Å². The van der Waals surface area contributed by atoms with Gasteiger partial charge in [-0.05, 0) is 71.3 Å². The number of carbonyl (C=O) groups excluding carboxylic acids is 2. The number of fused-ring (bicyclic) bond motifs is 2. The number of hydrogen-bond acceptors (Lipinski definition) is 12. The smallest absolute Gasteiger partial charge is 0.332 e. The molecule has 8 rings (SSSR count). The predicted octanol–water partition coefficient (Wildman–Crippen LogP) is 4.48. The molecule has 0 bridgehead atoms. The summed E-state index contributed by atoms with van der Waals surface area (Å²) in [4.78, 5) is 82.5. The number of amides is 2. The summed E-state index contributed by atoms with van der Waals surface area (Å²) in [5.41, 5.74) is 7.01. The number of ether oxygens (including phenoxy) is 2. The van der Waals surface area contributed by atoms with Crippen molar-refractivity contribution >= 4 is 60.7 Å². The predicted molar refractivity (Wildman–Crippen MR) is 252 cm³/mol. The van der Waals surface area contributed by atoms with E-state index < -0.39 is 22.5 Å². The van der Waals surface area contributed by atoms with E-state index in [0.29, 0.717) is 60.4 Å². The Kier molecular flexibility index (Phi) is 13.9. The number of methoxy groups -OCH3 is 2. The van der Waals surface area contributed by atoms with Crippen molar-refractivity contribution in [2.75, 3.05) is 20.0 Å². The van der Waals surface area contributed by atoms with Crippen molar-refractivity contribution in [3.63, 3.8) is 0 Å². The molecule has 0 fully saturated rings. The zero-order valence-corrected chi connectivity index (χ0v) is 37.2. The van der Waals surface area contributed by atoms with E-state index in [9.17, 15) is 28.8 Å². The molecular formula is C47H42N8O8S2. The standard InChI is InChI=1S/C25H21N3O4S.C22H21N5O4S/c1-27-24-20(23(30)28(25(27)31)14-6-9-17-7-4-3-5-8-17)15-21(33-24)22(29)26-16-18-10-12-19(32-2)13-11-18;1-26-21-16(20(29)27(22(26)30)12-14-6-7-18(23)24-11-14)9-17(32-21)19(28)25-10-13-4-3-5-15(8-13)31-2/h3-5,7-8,10-13,15H,14,16H2,1-2H3,(H,26,29);3-9,11H,10,12H2,1-2H3,(H2,23,24)(H,25,28). The summed E-state index contributed by atoms with van der Waals surface area (Å²) in [6.45, 7) is 0.653. The molecular weight excluding hydrogens is 869 g/mol. The summed E-state index contributed by atoms with van der Waals surface area (Å²) in [6, 6.07) is 30.5. The first kappa shape index (κ1) is 45.0. The van der Waals surface area contributed by atoms with Gasteiger partial charge in [0.1, 0.15) is 27.0 Å². The molecule has 2 amide bonds. The van der Waals surface area contributed by atoms with Crippen LogP contribution in [0.2, 0.25) is 0 Å². The number of anilines is 1. The number of pyridine rings is 1. The van der Waals surface area contributed by atoms with Crippen LogP contribution in [0.5, 0.6) is 11.5 Å². The Bertz CT molecular complexity index is 3360. The molecule has 330 valence electrons. The molecule has 0 atom stereocenters. The minimum atomic E-state index is -0.470. The second-order valence-electron chi connectivity index (χ2n) is 14.4. The Morgan fingerprint density at radius 3 is 1.82 bits per heavy atom. The van der Waals surface area contributed by atoms with Gasteiger partial charge in [0.25, 0.3) is 22.9 Å². The number of aryl methyl sites for hydroxylation is 2. The van der Waals surface area contributed by atoms with Crippen LogP contribution >= 0.6 is 22.7 Å². The number of aromatic nitrogens is 5. The van der Waals surface area contributed by atoms with Crippen LogP contribution in [0.25, 0.3) is 20.4 Å². The number of nitrogens with two attached hydrogens (primary N) is 1. The maximum atomic E-state index is 13.0. The number of carbonyl (C=O) groups is 2. The SMILES string of the molecule is COc1ccc(CNC(=O)c2cc3c(=O)n(CC#Cc4ccccc4)c(=O)n(C)c3s2)cc1.COc1cccc(CNC(=O)c2cc3c(=O)n(Cc4ccc(N)nc4)c(=O)n(C)c3s2)c1. The summed E-state index contributed by atoms with van der Waals surface area (Å²) in [5, 5.41) is 6.32. The number of nitrogens with one attached hydrogen (secondary N) is 2. The van der Waals surface area contributed by atoms with Crippen molar-refractivity contribution in [2.45, 2.75) is 26.2 Å². The quantitative estimate of drug-likeness (QED) is 0.155. The molecule has 0 radical (unpaired) electrons. The van der Waals surface area contributed by atoms with Crippen LogP contribution in [0, 0.1) is 11.8 Å². The zero-order chi connectivity index (χ0) is 46.2. The molecule has 5 heterocycles. The maximum Gasteiger partial charge on any atom is 0.332 e. The first-order valence-electron chi connectivity index (χ1n) is 19.9. The van der Waals surface area contributed by atoms with E-state index in [1.54, 1.807) is 40.4 Å². The summed E-state index contributed by atoms with van der Waals surface area (Å²) in [5.74, 6) is 6.99. The van der Waals surface area contributed by atoms with E-state index in [2.05, 4.69) is 27.5 Å². The molecule has 65 heavy (non-hydrogen) atoms. The average Bonchev–Trinajstić information content (AvgIpc) is 4.00. The first-order valence-corrected chi connectivity index (χ1v) is 21.5. The summed E-state index contributed by atoms with van der Waals surface area (Å²) in [7, 11) is 6.34. The van der Waals surface area contributed by atoms with Gasteiger partial charge in [-0.3, -0.25) is 32.9 Å². The highest BCUT2D eigenvalue weighted by atomic mass is 32.1. The molecule has 0 aliphatic carbocycles. The number of rotatable bonds is 11. The minimum absolute atomic E-state index is 0.0365. The molecule has 0 aliphatic heterocycles. The fraction of sp³-hybridized carbons (Fsp3) is 0.170. The van der Waals surface area contributed by atoms with E-state index in [1.807, 2.05) is 78.9 Å². The van der Waals surface area contributed by atoms with Gasteiger partial charge in [0, 0.05) is 38.9 Å². The van der Waals surface area contributed by atoms with Crippen LogP contribution in [0.4, 0.5) is 5.82 Å². The Labute approximate surface area is 378 Å². The van der Waals surface area contributed by atoms with Gasteiger partial charge in [-0.1, -0.05) is 60.4 Å². The lowest BCUT2D eigenvalue weighted by molar-refractivity contribution is 0.0947. The lowest BCUT2D eigenvalue weighted by Gasteiger charge is -2.08.